The van der Waals surface area contributed by atoms with Gasteiger partial charge in [0.1, 0.15) is 18.1 Å². The summed E-state index contributed by atoms with van der Waals surface area (Å²) in [5.74, 6) is 0.127. The lowest BCUT2D eigenvalue weighted by Crippen LogP contribution is -2.27. The average Bonchev–Trinajstić information content (AvgIpc) is 2.35. The van der Waals surface area contributed by atoms with Crippen LogP contribution in [0.25, 0.3) is 0 Å². The van der Waals surface area contributed by atoms with E-state index in [9.17, 15) is 4.79 Å². The Labute approximate surface area is 102 Å². The molecular weight excluding hydrogens is 218 g/mol. The summed E-state index contributed by atoms with van der Waals surface area (Å²) in [6, 6.07) is 3.27. The van der Waals surface area contributed by atoms with Crippen LogP contribution < -0.4 is 10.5 Å². The van der Waals surface area contributed by atoms with E-state index < -0.39 is 5.91 Å². The van der Waals surface area contributed by atoms with Gasteiger partial charge in [0.05, 0.1) is 6.20 Å². The number of hydrogen-bond acceptors (Lipinski definition) is 4. The minimum Gasteiger partial charge on any atom is -0.491 e. The Bertz CT molecular complexity index is 347. The van der Waals surface area contributed by atoms with Crippen LogP contribution in [0, 0.1) is 0 Å². The summed E-state index contributed by atoms with van der Waals surface area (Å²) >= 11 is 0. The molecule has 0 radical (unpaired) electrons. The van der Waals surface area contributed by atoms with Crippen LogP contribution in [-0.2, 0) is 0 Å². The Balaban J connectivity index is 2.39. The highest BCUT2D eigenvalue weighted by atomic mass is 16.5. The molecule has 0 spiro atoms. The zero-order valence-electron chi connectivity index (χ0n) is 10.3. The molecule has 1 heterocycles. The fourth-order valence-electron chi connectivity index (χ4n) is 1.44. The molecule has 0 unspecified atom stereocenters. The van der Waals surface area contributed by atoms with Crippen LogP contribution in [0.2, 0.25) is 0 Å². The number of amides is 1. The van der Waals surface area contributed by atoms with E-state index in [1.54, 1.807) is 12.1 Å². The highest BCUT2D eigenvalue weighted by Gasteiger charge is 2.03. The normalized spacial score (nSPS) is 10.5. The van der Waals surface area contributed by atoms with Crippen molar-refractivity contribution < 1.29 is 9.53 Å². The molecule has 94 valence electrons. The number of aromatic nitrogens is 1. The Kier molecular flexibility index (Phi) is 5.42. The molecule has 2 N–H and O–H groups in total. The fraction of sp³-hybridized carbons (Fsp3) is 0.500. The third-order valence-corrected chi connectivity index (χ3v) is 2.56. The van der Waals surface area contributed by atoms with Crippen molar-refractivity contribution in [1.29, 1.82) is 0 Å². The molecule has 1 amide bonds. The maximum absolute atomic E-state index is 10.8. The second kappa shape index (κ2) is 6.85. The number of carbonyl (C=O) groups is 1. The average molecular weight is 237 g/mol. The van der Waals surface area contributed by atoms with Gasteiger partial charge in [-0.25, -0.2) is 4.98 Å². The standard InChI is InChI=1S/C12H19N3O2/c1-3-15(4-2)7-8-17-10-5-6-11(12(13)16)14-9-10/h5-6,9H,3-4,7-8H2,1-2H3,(H2,13,16). The maximum atomic E-state index is 10.8. The fourth-order valence-corrected chi connectivity index (χ4v) is 1.44. The zero-order chi connectivity index (χ0) is 12.7. The number of nitrogens with zero attached hydrogens (tertiary/aromatic N) is 2. The molecule has 1 aromatic heterocycles. The van der Waals surface area contributed by atoms with Gasteiger partial charge in [-0.05, 0) is 25.2 Å². The van der Waals surface area contributed by atoms with Crippen molar-refractivity contribution in [2.24, 2.45) is 5.73 Å². The van der Waals surface area contributed by atoms with Crippen LogP contribution in [0.15, 0.2) is 18.3 Å². The molecular formula is C12H19N3O2. The molecule has 0 atom stereocenters. The predicted molar refractivity (Wildman–Crippen MR) is 66.0 cm³/mol. The zero-order valence-corrected chi connectivity index (χ0v) is 10.3. The van der Waals surface area contributed by atoms with E-state index in [1.807, 2.05) is 0 Å². The predicted octanol–water partition coefficient (Wildman–Crippen LogP) is 0.901. The van der Waals surface area contributed by atoms with Crippen molar-refractivity contribution in [3.05, 3.63) is 24.0 Å². The monoisotopic (exact) mass is 237 g/mol. The Morgan fingerprint density at radius 2 is 2.12 bits per heavy atom. The number of rotatable bonds is 7. The van der Waals surface area contributed by atoms with Crippen molar-refractivity contribution in [2.45, 2.75) is 13.8 Å². The van der Waals surface area contributed by atoms with Gasteiger partial charge in [-0.2, -0.15) is 0 Å². The molecule has 1 aromatic rings. The molecule has 5 heteroatoms. The maximum Gasteiger partial charge on any atom is 0.267 e. The van der Waals surface area contributed by atoms with E-state index in [-0.39, 0.29) is 5.69 Å². The molecule has 0 saturated carbocycles. The Morgan fingerprint density at radius 1 is 1.41 bits per heavy atom. The molecule has 1 rings (SSSR count). The van der Waals surface area contributed by atoms with Crippen LogP contribution in [0.3, 0.4) is 0 Å². The Hall–Kier alpha value is -1.62. The lowest BCUT2D eigenvalue weighted by molar-refractivity contribution is 0.0995. The lowest BCUT2D eigenvalue weighted by Gasteiger charge is -2.17. The van der Waals surface area contributed by atoms with Crippen molar-refractivity contribution in [1.82, 2.24) is 9.88 Å². The van der Waals surface area contributed by atoms with Crippen molar-refractivity contribution in [2.75, 3.05) is 26.2 Å². The first kappa shape index (κ1) is 13.4. The molecule has 17 heavy (non-hydrogen) atoms. The number of nitrogens with two attached hydrogens (primary N) is 1. The van der Waals surface area contributed by atoms with Gasteiger partial charge in [0, 0.05) is 6.54 Å². The molecule has 0 aromatic carbocycles. The van der Waals surface area contributed by atoms with E-state index in [0.29, 0.717) is 12.4 Å². The smallest absolute Gasteiger partial charge is 0.267 e. The van der Waals surface area contributed by atoms with Gasteiger partial charge in [-0.3, -0.25) is 4.79 Å². The van der Waals surface area contributed by atoms with Crippen LogP contribution in [-0.4, -0.2) is 42.0 Å². The summed E-state index contributed by atoms with van der Waals surface area (Å²) < 4.78 is 5.52. The minimum absolute atomic E-state index is 0.251. The quantitative estimate of drug-likeness (QED) is 0.765. The molecule has 0 bridgehead atoms. The highest BCUT2D eigenvalue weighted by Crippen LogP contribution is 2.08. The largest absolute Gasteiger partial charge is 0.491 e. The number of hydrogen-bond donors (Lipinski definition) is 1. The van der Waals surface area contributed by atoms with E-state index in [2.05, 4.69) is 23.7 Å². The summed E-state index contributed by atoms with van der Waals surface area (Å²) in [5.41, 5.74) is 5.34. The van der Waals surface area contributed by atoms with E-state index >= 15 is 0 Å². The summed E-state index contributed by atoms with van der Waals surface area (Å²) in [6.07, 6.45) is 1.52. The second-order valence-electron chi connectivity index (χ2n) is 3.62. The molecule has 0 saturated heterocycles. The van der Waals surface area contributed by atoms with E-state index in [0.717, 1.165) is 19.6 Å². The van der Waals surface area contributed by atoms with Crippen LogP contribution in [0.1, 0.15) is 24.3 Å². The van der Waals surface area contributed by atoms with Crippen LogP contribution in [0.4, 0.5) is 0 Å². The summed E-state index contributed by atoms with van der Waals surface area (Å²) in [4.78, 5) is 17.0. The topological polar surface area (TPSA) is 68.5 Å². The molecule has 0 aliphatic rings. The molecule has 0 aliphatic carbocycles. The second-order valence-corrected chi connectivity index (χ2v) is 3.62. The Morgan fingerprint density at radius 3 is 2.59 bits per heavy atom. The molecule has 0 fully saturated rings. The van der Waals surface area contributed by atoms with Crippen molar-refractivity contribution in [3.8, 4) is 5.75 Å². The SMILES string of the molecule is CCN(CC)CCOc1ccc(C(N)=O)nc1. The van der Waals surface area contributed by atoms with Gasteiger partial charge in [-0.15, -0.1) is 0 Å². The molecule has 0 aliphatic heterocycles. The summed E-state index contributed by atoms with van der Waals surface area (Å²) in [7, 11) is 0. The third kappa shape index (κ3) is 4.40. The first-order chi connectivity index (χ1) is 8.17. The van der Waals surface area contributed by atoms with Gasteiger partial charge in [0.2, 0.25) is 0 Å². The van der Waals surface area contributed by atoms with Gasteiger partial charge >= 0.3 is 0 Å². The van der Waals surface area contributed by atoms with Gasteiger partial charge in [0.15, 0.2) is 0 Å². The number of ether oxygens (including phenoxy) is 1. The number of pyridine rings is 1. The van der Waals surface area contributed by atoms with Crippen molar-refractivity contribution in [3.63, 3.8) is 0 Å². The third-order valence-electron chi connectivity index (χ3n) is 2.56. The van der Waals surface area contributed by atoms with Gasteiger partial charge < -0.3 is 15.4 Å². The summed E-state index contributed by atoms with van der Waals surface area (Å²) in [5, 5.41) is 0. The van der Waals surface area contributed by atoms with E-state index in [4.69, 9.17) is 10.5 Å². The van der Waals surface area contributed by atoms with Gasteiger partial charge in [0.25, 0.3) is 5.91 Å². The van der Waals surface area contributed by atoms with E-state index in [1.165, 1.54) is 6.20 Å². The summed E-state index contributed by atoms with van der Waals surface area (Å²) in [6.45, 7) is 7.75. The lowest BCUT2D eigenvalue weighted by atomic mass is 10.3. The van der Waals surface area contributed by atoms with Crippen LogP contribution in [0.5, 0.6) is 5.75 Å². The van der Waals surface area contributed by atoms with Gasteiger partial charge in [-0.1, -0.05) is 13.8 Å². The minimum atomic E-state index is -0.528. The van der Waals surface area contributed by atoms with Crippen molar-refractivity contribution >= 4 is 5.91 Å². The number of likely N-dealkylation sites (N-methyl/N-ethyl adjacent to an activating group) is 1. The number of carbonyl (C=O) groups excluding carboxylic acids is 1. The first-order valence-corrected chi connectivity index (χ1v) is 5.78. The van der Waals surface area contributed by atoms with Crippen LogP contribution >= 0.6 is 0 Å². The highest BCUT2D eigenvalue weighted by molar-refractivity contribution is 5.90. The number of primary amides is 1. The first-order valence-electron chi connectivity index (χ1n) is 5.78. The molecule has 5 nitrogen and oxygen atoms in total.